The summed E-state index contributed by atoms with van der Waals surface area (Å²) in [6, 6.07) is 4.15. The minimum Gasteiger partial charge on any atom is -0.417 e. The van der Waals surface area contributed by atoms with Crippen molar-refractivity contribution in [1.29, 1.82) is 0 Å². The van der Waals surface area contributed by atoms with Crippen molar-refractivity contribution in [3.05, 3.63) is 36.2 Å². The van der Waals surface area contributed by atoms with E-state index in [1.54, 1.807) is 0 Å². The molecule has 0 N–H and O–H groups in total. The van der Waals surface area contributed by atoms with Gasteiger partial charge in [-0.1, -0.05) is 39.0 Å². The van der Waals surface area contributed by atoms with E-state index in [0.29, 0.717) is 22.9 Å². The van der Waals surface area contributed by atoms with E-state index in [1.165, 1.54) is 50.5 Å². The summed E-state index contributed by atoms with van der Waals surface area (Å²) < 4.78 is 6.68. The molecule has 150 valence electrons. The Kier molecular flexibility index (Phi) is 6.63. The third kappa shape index (κ3) is 5.32. The summed E-state index contributed by atoms with van der Waals surface area (Å²) in [4.78, 5) is 4.23. The molecular formula is C24H39NOSi. The van der Waals surface area contributed by atoms with Gasteiger partial charge in [0.25, 0.3) is 0 Å². The fourth-order valence-electron chi connectivity index (χ4n) is 5.33. The van der Waals surface area contributed by atoms with Crippen molar-refractivity contribution in [3.8, 4) is 0 Å². The molecule has 0 aromatic carbocycles. The van der Waals surface area contributed by atoms with Crippen LogP contribution >= 0.6 is 0 Å². The molecule has 0 saturated heterocycles. The van der Waals surface area contributed by atoms with Gasteiger partial charge >= 0.3 is 0 Å². The normalized spacial score (nSPS) is 32.4. The summed E-state index contributed by atoms with van der Waals surface area (Å²) in [6.45, 7) is 11.9. The van der Waals surface area contributed by atoms with Crippen LogP contribution in [0.25, 0.3) is 6.08 Å². The van der Waals surface area contributed by atoms with Gasteiger partial charge in [0.05, 0.1) is 6.10 Å². The Bertz CT molecular complexity index is 611. The van der Waals surface area contributed by atoms with Crippen LogP contribution in [0.1, 0.15) is 71.3 Å². The lowest BCUT2D eigenvalue weighted by Crippen LogP contribution is -2.47. The Hall–Kier alpha value is -0.933. The molecule has 2 fully saturated rings. The maximum atomic E-state index is 6.68. The highest BCUT2D eigenvalue weighted by Gasteiger charge is 2.47. The summed E-state index contributed by atoms with van der Waals surface area (Å²) in [7, 11) is -1.03. The molecule has 2 atom stereocenters. The average Bonchev–Trinajstić information content (AvgIpc) is 2.63. The zero-order valence-corrected chi connectivity index (χ0v) is 19.2. The Morgan fingerprint density at radius 1 is 1.15 bits per heavy atom. The number of pyridine rings is 1. The maximum absolute atomic E-state index is 6.68. The lowest BCUT2D eigenvalue weighted by molar-refractivity contribution is -0.0514. The second-order valence-electron chi connectivity index (χ2n) is 10.4. The molecule has 27 heavy (non-hydrogen) atoms. The summed E-state index contributed by atoms with van der Waals surface area (Å²) in [6.07, 6.45) is 18.3. The highest BCUT2D eigenvalue weighted by atomic mass is 28.3. The van der Waals surface area contributed by atoms with E-state index in [2.05, 4.69) is 57.1 Å². The standard InChI is InChI=1S/C24H39NOSi/c1-23(2,3)21-11-14-24(15-12-21)13-10-19(17-22(24)26-27(4)5)8-9-20-7-6-16-25-18-20/h6-9,16,18-19,21-22,27H,10-15,17H2,1-5H3. The first-order chi connectivity index (χ1) is 12.8. The van der Waals surface area contributed by atoms with Crippen molar-refractivity contribution in [2.45, 2.75) is 84.9 Å². The third-order valence-corrected chi connectivity index (χ3v) is 7.97. The summed E-state index contributed by atoms with van der Waals surface area (Å²) >= 11 is 0. The van der Waals surface area contributed by atoms with Crippen LogP contribution in [0.2, 0.25) is 13.1 Å². The van der Waals surface area contributed by atoms with E-state index in [9.17, 15) is 0 Å². The molecule has 2 aliphatic rings. The minimum absolute atomic E-state index is 0.453. The fourth-order valence-corrected chi connectivity index (χ4v) is 6.39. The van der Waals surface area contributed by atoms with Gasteiger partial charge in [0.15, 0.2) is 9.04 Å². The smallest absolute Gasteiger partial charge is 0.171 e. The van der Waals surface area contributed by atoms with Gasteiger partial charge in [-0.15, -0.1) is 0 Å². The Labute approximate surface area is 168 Å². The lowest BCUT2D eigenvalue weighted by Gasteiger charge is -2.52. The monoisotopic (exact) mass is 385 g/mol. The molecule has 0 radical (unpaired) electrons. The topological polar surface area (TPSA) is 22.1 Å². The number of rotatable bonds is 4. The molecule has 2 saturated carbocycles. The predicted molar refractivity (Wildman–Crippen MR) is 118 cm³/mol. The molecule has 1 aromatic rings. The van der Waals surface area contributed by atoms with Gasteiger partial charge in [-0.25, -0.2) is 0 Å². The van der Waals surface area contributed by atoms with E-state index in [-0.39, 0.29) is 0 Å². The molecule has 0 bridgehead atoms. The fraction of sp³-hybridized carbons (Fsp3) is 0.708. The quantitative estimate of drug-likeness (QED) is 0.553. The Balaban J connectivity index is 1.67. The maximum Gasteiger partial charge on any atom is 0.171 e. The molecular weight excluding hydrogens is 346 g/mol. The molecule has 1 aromatic heterocycles. The van der Waals surface area contributed by atoms with Crippen LogP contribution in [0.3, 0.4) is 0 Å². The van der Waals surface area contributed by atoms with Gasteiger partial charge < -0.3 is 4.43 Å². The highest BCUT2D eigenvalue weighted by molar-refractivity contribution is 6.48. The molecule has 2 nitrogen and oxygen atoms in total. The largest absolute Gasteiger partial charge is 0.417 e. The van der Waals surface area contributed by atoms with Crippen molar-refractivity contribution in [2.75, 3.05) is 0 Å². The highest BCUT2D eigenvalue weighted by Crippen LogP contribution is 2.54. The van der Waals surface area contributed by atoms with E-state index in [1.807, 2.05) is 18.5 Å². The number of aromatic nitrogens is 1. The number of nitrogens with zero attached hydrogens (tertiary/aromatic N) is 1. The zero-order chi connectivity index (χ0) is 19.5. The second kappa shape index (κ2) is 8.61. The van der Waals surface area contributed by atoms with E-state index in [0.717, 1.165) is 5.92 Å². The SMILES string of the molecule is C[SiH](C)OC1CC(C=Cc2cccnc2)CCC12CCC(C(C)(C)C)CC2. The number of hydrogen-bond donors (Lipinski definition) is 0. The second-order valence-corrected chi connectivity index (χ2v) is 12.7. The third-order valence-electron chi connectivity index (χ3n) is 7.10. The first-order valence-electron chi connectivity index (χ1n) is 11.0. The molecule has 3 rings (SSSR count). The van der Waals surface area contributed by atoms with Gasteiger partial charge in [0.1, 0.15) is 0 Å². The summed E-state index contributed by atoms with van der Waals surface area (Å²) in [5.74, 6) is 1.53. The van der Waals surface area contributed by atoms with Crippen LogP contribution in [0.4, 0.5) is 0 Å². The van der Waals surface area contributed by atoms with Crippen molar-refractivity contribution in [1.82, 2.24) is 4.98 Å². The van der Waals surface area contributed by atoms with Crippen molar-refractivity contribution >= 4 is 15.1 Å². The molecule has 3 heteroatoms. The van der Waals surface area contributed by atoms with E-state index < -0.39 is 9.04 Å². The van der Waals surface area contributed by atoms with Gasteiger partial charge in [0, 0.05) is 12.4 Å². The molecule has 1 spiro atoms. The summed E-state index contributed by atoms with van der Waals surface area (Å²) in [5, 5.41) is 0. The zero-order valence-electron chi connectivity index (χ0n) is 18.1. The molecule has 1 heterocycles. The van der Waals surface area contributed by atoms with Crippen molar-refractivity contribution in [3.63, 3.8) is 0 Å². The Morgan fingerprint density at radius 2 is 1.85 bits per heavy atom. The molecule has 0 amide bonds. The predicted octanol–water partition coefficient (Wildman–Crippen LogP) is 6.49. The van der Waals surface area contributed by atoms with Crippen LogP contribution in [-0.4, -0.2) is 20.1 Å². The lowest BCUT2D eigenvalue weighted by atomic mass is 9.57. The van der Waals surface area contributed by atoms with Gasteiger partial charge in [-0.2, -0.15) is 0 Å². The van der Waals surface area contributed by atoms with Gasteiger partial charge in [-0.05, 0) is 92.3 Å². The average molecular weight is 386 g/mol. The minimum atomic E-state index is -1.03. The van der Waals surface area contributed by atoms with Crippen LogP contribution in [0.5, 0.6) is 0 Å². The first-order valence-corrected chi connectivity index (χ1v) is 13.8. The number of hydrogen-bond acceptors (Lipinski definition) is 2. The number of allylic oxidation sites excluding steroid dienone is 1. The molecule has 0 aliphatic heterocycles. The van der Waals surface area contributed by atoms with Crippen LogP contribution in [0.15, 0.2) is 30.6 Å². The van der Waals surface area contributed by atoms with Gasteiger partial charge in [-0.3, -0.25) is 4.98 Å². The van der Waals surface area contributed by atoms with Crippen LogP contribution in [-0.2, 0) is 4.43 Å². The van der Waals surface area contributed by atoms with Crippen molar-refractivity contribution in [2.24, 2.45) is 22.7 Å². The van der Waals surface area contributed by atoms with E-state index >= 15 is 0 Å². The van der Waals surface area contributed by atoms with Crippen LogP contribution < -0.4 is 0 Å². The first kappa shape index (κ1) is 20.8. The Morgan fingerprint density at radius 3 is 2.44 bits per heavy atom. The van der Waals surface area contributed by atoms with Gasteiger partial charge in [0.2, 0.25) is 0 Å². The van der Waals surface area contributed by atoms with Crippen LogP contribution in [0, 0.1) is 22.7 Å². The van der Waals surface area contributed by atoms with Crippen molar-refractivity contribution < 1.29 is 4.43 Å². The molecule has 2 unspecified atom stereocenters. The molecule has 2 aliphatic carbocycles. The summed E-state index contributed by atoms with van der Waals surface area (Å²) in [5.41, 5.74) is 2.12. The van der Waals surface area contributed by atoms with E-state index in [4.69, 9.17) is 4.43 Å².